The number of hydrogen-bond donors (Lipinski definition) is 3. The average Bonchev–Trinajstić information content (AvgIpc) is 3.50. The standard InChI is InChI=1S/C22H14F2N8O2/c23-15-5-4-13(20(25)34)18(24)17(15)19(33)14-7-27-21-16(14)22(29-9-28-21)31-11-2-1-3-12(6-11)32-10-26-8-30-32/h1-10H,(H2,25,34)(H2,27,28,29,31). The van der Waals surface area contributed by atoms with Crippen LogP contribution in [0.5, 0.6) is 0 Å². The first-order valence-electron chi connectivity index (χ1n) is 9.80. The van der Waals surface area contributed by atoms with Crippen LogP contribution in [0, 0.1) is 11.6 Å². The van der Waals surface area contributed by atoms with E-state index in [4.69, 9.17) is 5.73 Å². The lowest BCUT2D eigenvalue weighted by Gasteiger charge is -2.10. The zero-order valence-electron chi connectivity index (χ0n) is 17.2. The molecule has 0 radical (unpaired) electrons. The third-order valence-corrected chi connectivity index (χ3v) is 5.09. The molecule has 0 aliphatic rings. The number of H-pyrrole nitrogens is 1. The molecule has 0 atom stereocenters. The van der Waals surface area contributed by atoms with Gasteiger partial charge in [0.2, 0.25) is 5.78 Å². The van der Waals surface area contributed by atoms with Crippen LogP contribution in [-0.2, 0) is 0 Å². The number of amides is 1. The second-order valence-corrected chi connectivity index (χ2v) is 7.14. The van der Waals surface area contributed by atoms with E-state index in [1.807, 2.05) is 6.07 Å². The van der Waals surface area contributed by atoms with Crippen molar-refractivity contribution in [3.63, 3.8) is 0 Å². The topological polar surface area (TPSA) is 144 Å². The summed E-state index contributed by atoms with van der Waals surface area (Å²) in [5.74, 6) is -4.37. The number of carbonyl (C=O) groups is 2. The summed E-state index contributed by atoms with van der Waals surface area (Å²) in [4.78, 5) is 39.7. The van der Waals surface area contributed by atoms with Gasteiger partial charge in [0.05, 0.1) is 27.8 Å². The molecular weight excluding hydrogens is 446 g/mol. The molecule has 3 heterocycles. The Kier molecular flexibility index (Phi) is 5.01. The van der Waals surface area contributed by atoms with E-state index in [0.29, 0.717) is 11.4 Å². The second kappa shape index (κ2) is 8.16. The van der Waals surface area contributed by atoms with Crippen molar-refractivity contribution < 1.29 is 18.4 Å². The molecule has 0 aliphatic carbocycles. The Morgan fingerprint density at radius 1 is 1.06 bits per heavy atom. The van der Waals surface area contributed by atoms with Crippen molar-refractivity contribution in [1.29, 1.82) is 0 Å². The monoisotopic (exact) mass is 460 g/mol. The number of nitrogens with two attached hydrogens (primary N) is 1. The summed E-state index contributed by atoms with van der Waals surface area (Å²) in [5.41, 5.74) is 5.13. The van der Waals surface area contributed by atoms with Crippen molar-refractivity contribution in [3.05, 3.63) is 89.9 Å². The minimum Gasteiger partial charge on any atom is -0.366 e. The SMILES string of the molecule is NC(=O)c1ccc(F)c(C(=O)c2c[nH]c3ncnc(Nc4cccc(-n5cncn5)c4)c23)c1F. The Bertz CT molecular complexity index is 1560. The van der Waals surface area contributed by atoms with Crippen LogP contribution in [0.15, 0.2) is 61.6 Å². The maximum atomic E-state index is 14.8. The first-order valence-corrected chi connectivity index (χ1v) is 9.80. The van der Waals surface area contributed by atoms with Gasteiger partial charge in [-0.05, 0) is 30.3 Å². The first kappa shape index (κ1) is 20.9. The normalized spacial score (nSPS) is 11.0. The van der Waals surface area contributed by atoms with Gasteiger partial charge in [0.25, 0.3) is 5.91 Å². The molecule has 0 saturated carbocycles. The van der Waals surface area contributed by atoms with E-state index < -0.39 is 34.5 Å². The van der Waals surface area contributed by atoms with Gasteiger partial charge in [-0.1, -0.05) is 6.07 Å². The first-order chi connectivity index (χ1) is 16.4. The number of nitrogens with zero attached hydrogens (tertiary/aromatic N) is 5. The van der Waals surface area contributed by atoms with E-state index in [9.17, 15) is 18.4 Å². The summed E-state index contributed by atoms with van der Waals surface area (Å²) in [6.07, 6.45) is 5.48. The van der Waals surface area contributed by atoms with E-state index in [1.54, 1.807) is 22.9 Å². The van der Waals surface area contributed by atoms with E-state index in [-0.39, 0.29) is 22.4 Å². The number of aromatic amines is 1. The predicted octanol–water partition coefficient (Wildman–Crippen LogP) is 2.89. The van der Waals surface area contributed by atoms with E-state index in [0.717, 1.165) is 12.1 Å². The van der Waals surface area contributed by atoms with Crippen LogP contribution in [0.25, 0.3) is 16.7 Å². The quantitative estimate of drug-likeness (QED) is 0.330. The summed E-state index contributed by atoms with van der Waals surface area (Å²) in [5, 5.41) is 7.39. The fraction of sp³-hybridized carbons (Fsp3) is 0. The van der Waals surface area contributed by atoms with Crippen molar-refractivity contribution in [3.8, 4) is 5.69 Å². The Morgan fingerprint density at radius 3 is 2.68 bits per heavy atom. The van der Waals surface area contributed by atoms with Crippen molar-refractivity contribution in [2.24, 2.45) is 5.73 Å². The maximum absolute atomic E-state index is 14.8. The van der Waals surface area contributed by atoms with E-state index >= 15 is 0 Å². The molecule has 0 aliphatic heterocycles. The smallest absolute Gasteiger partial charge is 0.251 e. The average molecular weight is 460 g/mol. The number of fused-ring (bicyclic) bond motifs is 1. The van der Waals surface area contributed by atoms with E-state index in [2.05, 4.69) is 30.4 Å². The van der Waals surface area contributed by atoms with Crippen LogP contribution < -0.4 is 11.1 Å². The number of nitrogens with one attached hydrogen (secondary N) is 2. The van der Waals surface area contributed by atoms with Gasteiger partial charge in [0, 0.05) is 11.9 Å². The molecule has 0 unspecified atom stereocenters. The lowest BCUT2D eigenvalue weighted by Crippen LogP contribution is -2.17. The summed E-state index contributed by atoms with van der Waals surface area (Å²) < 4.78 is 30.9. The molecule has 3 aromatic heterocycles. The summed E-state index contributed by atoms with van der Waals surface area (Å²) >= 11 is 0. The molecule has 0 spiro atoms. The van der Waals surface area contributed by atoms with Gasteiger partial charge < -0.3 is 16.0 Å². The van der Waals surface area contributed by atoms with Gasteiger partial charge in [-0.2, -0.15) is 5.10 Å². The largest absolute Gasteiger partial charge is 0.366 e. The Morgan fingerprint density at radius 2 is 1.91 bits per heavy atom. The number of anilines is 2. The molecule has 1 amide bonds. The van der Waals surface area contributed by atoms with Gasteiger partial charge in [0.15, 0.2) is 0 Å². The minimum absolute atomic E-state index is 0.0926. The molecule has 5 aromatic rings. The highest BCUT2D eigenvalue weighted by molar-refractivity contribution is 6.19. The third kappa shape index (κ3) is 3.52. The van der Waals surface area contributed by atoms with Crippen molar-refractivity contribution >= 4 is 34.2 Å². The van der Waals surface area contributed by atoms with Gasteiger partial charge in [-0.3, -0.25) is 9.59 Å². The van der Waals surface area contributed by atoms with Crippen molar-refractivity contribution in [1.82, 2.24) is 29.7 Å². The third-order valence-electron chi connectivity index (χ3n) is 5.09. The molecule has 0 bridgehead atoms. The molecule has 0 fully saturated rings. The number of aromatic nitrogens is 6. The zero-order chi connectivity index (χ0) is 23.8. The van der Waals surface area contributed by atoms with Gasteiger partial charge in [-0.15, -0.1) is 0 Å². The molecular formula is C22H14F2N8O2. The Balaban J connectivity index is 1.59. The second-order valence-electron chi connectivity index (χ2n) is 7.14. The maximum Gasteiger partial charge on any atom is 0.251 e. The Labute approximate surface area is 189 Å². The van der Waals surface area contributed by atoms with Gasteiger partial charge >= 0.3 is 0 Å². The highest BCUT2D eigenvalue weighted by Crippen LogP contribution is 2.30. The molecule has 4 N–H and O–H groups in total. The fourth-order valence-corrected chi connectivity index (χ4v) is 3.53. The number of hydrogen-bond acceptors (Lipinski definition) is 7. The molecule has 10 nitrogen and oxygen atoms in total. The van der Waals surface area contributed by atoms with Gasteiger partial charge in [-0.25, -0.2) is 28.4 Å². The van der Waals surface area contributed by atoms with Crippen LogP contribution in [0.2, 0.25) is 0 Å². The van der Waals surface area contributed by atoms with Crippen LogP contribution in [0.4, 0.5) is 20.3 Å². The van der Waals surface area contributed by atoms with Crippen LogP contribution in [0.1, 0.15) is 26.3 Å². The number of benzene rings is 2. The van der Waals surface area contributed by atoms with Crippen LogP contribution >= 0.6 is 0 Å². The van der Waals surface area contributed by atoms with E-state index in [1.165, 1.54) is 25.2 Å². The van der Waals surface area contributed by atoms with Gasteiger partial charge in [0.1, 0.15) is 42.1 Å². The number of primary amides is 1. The minimum atomic E-state index is -1.33. The highest BCUT2D eigenvalue weighted by atomic mass is 19.1. The summed E-state index contributed by atoms with van der Waals surface area (Å²) in [6.45, 7) is 0. The Hall–Kier alpha value is -5.00. The molecule has 12 heteroatoms. The molecule has 0 saturated heterocycles. The lowest BCUT2D eigenvalue weighted by molar-refractivity contribution is 0.0996. The summed E-state index contributed by atoms with van der Waals surface area (Å²) in [7, 11) is 0. The molecule has 2 aromatic carbocycles. The zero-order valence-corrected chi connectivity index (χ0v) is 17.2. The predicted molar refractivity (Wildman–Crippen MR) is 117 cm³/mol. The van der Waals surface area contributed by atoms with Crippen LogP contribution in [0.3, 0.4) is 0 Å². The number of halogens is 2. The lowest BCUT2D eigenvalue weighted by atomic mass is 9.99. The number of carbonyl (C=O) groups excluding carboxylic acids is 2. The van der Waals surface area contributed by atoms with Crippen molar-refractivity contribution in [2.45, 2.75) is 0 Å². The highest BCUT2D eigenvalue weighted by Gasteiger charge is 2.27. The molecule has 5 rings (SSSR count). The van der Waals surface area contributed by atoms with Crippen LogP contribution in [-0.4, -0.2) is 41.4 Å². The van der Waals surface area contributed by atoms with Crippen molar-refractivity contribution in [2.75, 3.05) is 5.32 Å². The number of ketones is 1. The fourth-order valence-electron chi connectivity index (χ4n) is 3.53. The molecule has 168 valence electrons. The summed E-state index contributed by atoms with van der Waals surface area (Å²) in [6, 6.07) is 8.83. The molecule has 34 heavy (non-hydrogen) atoms. The number of rotatable bonds is 6.